The molecule has 0 fully saturated rings. The molecule has 7 nitrogen and oxygen atoms in total. The van der Waals surface area contributed by atoms with E-state index < -0.39 is 5.97 Å². The molecule has 184 valence electrons. The van der Waals surface area contributed by atoms with Crippen molar-refractivity contribution in [3.05, 3.63) is 83.8 Å². The Morgan fingerprint density at radius 1 is 1.11 bits per heavy atom. The lowest BCUT2D eigenvalue weighted by molar-refractivity contribution is -0.113. The number of ether oxygens (including phenoxy) is 1. The molecule has 4 rings (SSSR count). The van der Waals surface area contributed by atoms with Crippen LogP contribution < -0.4 is 5.32 Å². The Bertz CT molecular complexity index is 1360. The molecule has 1 amide bonds. The number of hydrogen-bond donors (Lipinski definition) is 1. The number of thioether (sulfide) groups is 1. The van der Waals surface area contributed by atoms with Crippen LogP contribution in [0, 0.1) is 6.92 Å². The molecular formula is C27H26N4O3S2. The lowest BCUT2D eigenvalue weighted by atomic mass is 10.0. The molecule has 2 aromatic carbocycles. The van der Waals surface area contributed by atoms with Crippen LogP contribution in [-0.4, -0.2) is 39.0 Å². The summed E-state index contributed by atoms with van der Waals surface area (Å²) in [6.45, 7) is 8.38. The average Bonchev–Trinajstić information content (AvgIpc) is 3.48. The van der Waals surface area contributed by atoms with E-state index >= 15 is 0 Å². The molecule has 0 unspecified atom stereocenters. The van der Waals surface area contributed by atoms with Crippen LogP contribution in [0.25, 0.3) is 22.5 Å². The summed E-state index contributed by atoms with van der Waals surface area (Å²) in [5.74, 6) is 0.100. The van der Waals surface area contributed by atoms with Crippen molar-refractivity contribution in [2.75, 3.05) is 17.7 Å². The van der Waals surface area contributed by atoms with Gasteiger partial charge in [-0.15, -0.1) is 28.1 Å². The summed E-state index contributed by atoms with van der Waals surface area (Å²) in [5.41, 5.74) is 4.08. The Morgan fingerprint density at radius 3 is 2.56 bits per heavy atom. The predicted octanol–water partition coefficient (Wildman–Crippen LogP) is 6.08. The second kappa shape index (κ2) is 11.8. The molecule has 0 aliphatic heterocycles. The van der Waals surface area contributed by atoms with Crippen molar-refractivity contribution >= 4 is 40.0 Å². The molecule has 1 N–H and O–H groups in total. The number of anilines is 1. The van der Waals surface area contributed by atoms with Crippen LogP contribution in [0.15, 0.2) is 77.8 Å². The third-order valence-corrected chi connectivity index (χ3v) is 7.14. The van der Waals surface area contributed by atoms with Gasteiger partial charge in [0.05, 0.1) is 12.4 Å². The first-order chi connectivity index (χ1) is 17.5. The number of rotatable bonds is 10. The van der Waals surface area contributed by atoms with Gasteiger partial charge in [0.15, 0.2) is 11.0 Å². The number of benzene rings is 2. The monoisotopic (exact) mass is 518 g/mol. The fourth-order valence-electron chi connectivity index (χ4n) is 3.58. The molecule has 0 aliphatic rings. The molecule has 0 spiro atoms. The lowest BCUT2D eigenvalue weighted by Gasteiger charge is -2.10. The second-order valence-corrected chi connectivity index (χ2v) is 9.67. The van der Waals surface area contributed by atoms with Gasteiger partial charge < -0.3 is 10.1 Å². The van der Waals surface area contributed by atoms with Gasteiger partial charge in [-0.05, 0) is 19.4 Å². The van der Waals surface area contributed by atoms with Crippen molar-refractivity contribution in [2.24, 2.45) is 0 Å². The van der Waals surface area contributed by atoms with E-state index in [1.54, 1.807) is 13.0 Å². The van der Waals surface area contributed by atoms with E-state index in [0.717, 1.165) is 22.3 Å². The molecule has 36 heavy (non-hydrogen) atoms. The first-order valence-corrected chi connectivity index (χ1v) is 13.3. The number of nitrogens with one attached hydrogen (secondary N) is 1. The molecule has 0 bridgehead atoms. The fourth-order valence-corrected chi connectivity index (χ4v) is 5.31. The van der Waals surface area contributed by atoms with Crippen LogP contribution in [0.5, 0.6) is 0 Å². The van der Waals surface area contributed by atoms with E-state index in [2.05, 4.69) is 22.1 Å². The molecule has 0 saturated carbocycles. The SMILES string of the molecule is C=CCn1c(SCC(=O)Nc2scc(-c3ccccc3)c2C(=O)OCC)nnc1-c1ccc(C)cc1. The minimum absolute atomic E-state index is 0.101. The summed E-state index contributed by atoms with van der Waals surface area (Å²) >= 11 is 2.58. The van der Waals surface area contributed by atoms with Crippen molar-refractivity contribution in [1.29, 1.82) is 0 Å². The third-order valence-electron chi connectivity index (χ3n) is 5.28. The number of carbonyl (C=O) groups is 2. The highest BCUT2D eigenvalue weighted by molar-refractivity contribution is 7.99. The molecule has 0 saturated heterocycles. The number of aromatic nitrogens is 3. The lowest BCUT2D eigenvalue weighted by Crippen LogP contribution is -2.17. The van der Waals surface area contributed by atoms with Gasteiger partial charge in [-0.2, -0.15) is 0 Å². The normalized spacial score (nSPS) is 10.7. The summed E-state index contributed by atoms with van der Waals surface area (Å²) in [7, 11) is 0. The molecule has 0 aliphatic carbocycles. The molecule has 2 aromatic heterocycles. The van der Waals surface area contributed by atoms with Crippen LogP contribution >= 0.6 is 23.1 Å². The number of hydrogen-bond acceptors (Lipinski definition) is 7. The van der Waals surface area contributed by atoms with E-state index in [-0.39, 0.29) is 18.3 Å². The highest BCUT2D eigenvalue weighted by atomic mass is 32.2. The zero-order valence-electron chi connectivity index (χ0n) is 20.1. The van der Waals surface area contributed by atoms with Crippen LogP contribution in [0.3, 0.4) is 0 Å². The average molecular weight is 519 g/mol. The van der Waals surface area contributed by atoms with Gasteiger partial charge in [-0.3, -0.25) is 9.36 Å². The Hall–Kier alpha value is -3.69. The fraction of sp³-hybridized carbons (Fsp3) is 0.185. The molecule has 4 aromatic rings. The topological polar surface area (TPSA) is 86.1 Å². The summed E-state index contributed by atoms with van der Waals surface area (Å²) in [5, 5.41) is 14.5. The first kappa shape index (κ1) is 25.4. The number of carbonyl (C=O) groups excluding carboxylic acids is 2. The van der Waals surface area contributed by atoms with E-state index in [1.165, 1.54) is 23.1 Å². The highest BCUT2D eigenvalue weighted by Gasteiger charge is 2.23. The van der Waals surface area contributed by atoms with Gasteiger partial charge in [-0.1, -0.05) is 78.0 Å². The summed E-state index contributed by atoms with van der Waals surface area (Å²) in [6.07, 6.45) is 1.77. The zero-order valence-corrected chi connectivity index (χ0v) is 21.7. The van der Waals surface area contributed by atoms with Gasteiger partial charge in [0, 0.05) is 23.1 Å². The van der Waals surface area contributed by atoms with Crippen LogP contribution in [0.1, 0.15) is 22.8 Å². The Labute approximate surface area is 218 Å². The molecule has 0 atom stereocenters. The van der Waals surface area contributed by atoms with Crippen molar-refractivity contribution in [2.45, 2.75) is 25.5 Å². The minimum atomic E-state index is -0.464. The summed E-state index contributed by atoms with van der Waals surface area (Å²) in [4.78, 5) is 25.6. The summed E-state index contributed by atoms with van der Waals surface area (Å²) in [6, 6.07) is 17.6. The van der Waals surface area contributed by atoms with Gasteiger partial charge in [0.2, 0.25) is 5.91 Å². The maximum atomic E-state index is 12.9. The maximum Gasteiger partial charge on any atom is 0.341 e. The van der Waals surface area contributed by atoms with E-state index in [4.69, 9.17) is 4.74 Å². The largest absolute Gasteiger partial charge is 0.462 e. The van der Waals surface area contributed by atoms with Crippen molar-refractivity contribution in [3.8, 4) is 22.5 Å². The van der Waals surface area contributed by atoms with Gasteiger partial charge in [-0.25, -0.2) is 4.79 Å². The number of esters is 1. The van der Waals surface area contributed by atoms with Crippen LogP contribution in [0.4, 0.5) is 5.00 Å². The van der Waals surface area contributed by atoms with E-state index in [1.807, 2.05) is 71.5 Å². The Morgan fingerprint density at radius 2 is 1.86 bits per heavy atom. The van der Waals surface area contributed by atoms with E-state index in [0.29, 0.717) is 28.1 Å². The smallest absolute Gasteiger partial charge is 0.341 e. The summed E-state index contributed by atoms with van der Waals surface area (Å²) < 4.78 is 7.20. The van der Waals surface area contributed by atoms with Gasteiger partial charge in [0.1, 0.15) is 10.6 Å². The standard InChI is InChI=1S/C27H26N4O3S2/c1-4-15-31-24(20-13-11-18(3)12-14-20)29-30-27(31)36-17-22(32)28-25-23(26(33)34-5-2)21(16-35-25)19-9-7-6-8-10-19/h4,6-14,16H,1,5,15,17H2,2-3H3,(H,28,32). The number of amides is 1. The third kappa shape index (κ3) is 5.75. The molecule has 9 heteroatoms. The van der Waals surface area contributed by atoms with Crippen molar-refractivity contribution in [3.63, 3.8) is 0 Å². The molecular weight excluding hydrogens is 492 g/mol. The van der Waals surface area contributed by atoms with Gasteiger partial charge >= 0.3 is 5.97 Å². The number of allylic oxidation sites excluding steroid dienone is 1. The second-order valence-electron chi connectivity index (χ2n) is 7.85. The Balaban J connectivity index is 1.52. The molecule has 2 heterocycles. The quantitative estimate of drug-likeness (QED) is 0.156. The Kier molecular flexibility index (Phi) is 8.35. The minimum Gasteiger partial charge on any atom is -0.462 e. The predicted molar refractivity (Wildman–Crippen MR) is 145 cm³/mol. The van der Waals surface area contributed by atoms with Crippen LogP contribution in [-0.2, 0) is 16.1 Å². The number of aryl methyl sites for hydroxylation is 1. The van der Waals surface area contributed by atoms with E-state index in [9.17, 15) is 9.59 Å². The number of thiophene rings is 1. The zero-order chi connectivity index (χ0) is 25.5. The molecule has 0 radical (unpaired) electrons. The maximum absolute atomic E-state index is 12.9. The van der Waals surface area contributed by atoms with Crippen LogP contribution in [0.2, 0.25) is 0 Å². The van der Waals surface area contributed by atoms with Gasteiger partial charge in [0.25, 0.3) is 0 Å². The van der Waals surface area contributed by atoms with Crippen molar-refractivity contribution in [1.82, 2.24) is 14.8 Å². The first-order valence-electron chi connectivity index (χ1n) is 11.4. The highest BCUT2D eigenvalue weighted by Crippen LogP contribution is 2.36. The van der Waals surface area contributed by atoms with Crippen molar-refractivity contribution < 1.29 is 14.3 Å². The number of nitrogens with zero attached hydrogens (tertiary/aromatic N) is 3.